The third-order valence-electron chi connectivity index (χ3n) is 7.19. The fourth-order valence-corrected chi connectivity index (χ4v) is 5.49. The van der Waals surface area contributed by atoms with E-state index in [0.717, 1.165) is 32.1 Å². The Balaban J connectivity index is 1.99. The Labute approximate surface area is 142 Å². The van der Waals surface area contributed by atoms with Crippen molar-refractivity contribution in [1.29, 1.82) is 0 Å². The van der Waals surface area contributed by atoms with Crippen LogP contribution < -0.4 is 0 Å². The minimum Gasteiger partial charge on any atom is -0.393 e. The van der Waals surface area contributed by atoms with Gasteiger partial charge < -0.3 is 14.9 Å². The predicted octanol–water partition coefficient (Wildman–Crippen LogP) is 4.16. The molecule has 0 amide bonds. The van der Waals surface area contributed by atoms with Gasteiger partial charge in [0.1, 0.15) is 0 Å². The summed E-state index contributed by atoms with van der Waals surface area (Å²) >= 11 is 0. The maximum absolute atomic E-state index is 10.4. The number of ether oxygens (including phenoxy) is 1. The van der Waals surface area contributed by atoms with Crippen LogP contribution in [0.2, 0.25) is 0 Å². The molecule has 0 aliphatic heterocycles. The number of hydrogen-bond donors (Lipinski definition) is 2. The minimum atomic E-state index is -0.681. The zero-order valence-corrected chi connectivity index (χ0v) is 15.9. The standard InChI is InChI=1S/C20H38O3/c1-6-20(22,7-2)14-23-13-18(3,4)17-11-10-15-16(21)9-8-12-19(15,17)5/h15-17,21-22H,6-14H2,1-5H3. The van der Waals surface area contributed by atoms with Gasteiger partial charge in [0.15, 0.2) is 0 Å². The third-order valence-corrected chi connectivity index (χ3v) is 7.19. The number of hydrogen-bond acceptors (Lipinski definition) is 3. The molecule has 0 spiro atoms. The van der Waals surface area contributed by atoms with Crippen LogP contribution >= 0.6 is 0 Å². The van der Waals surface area contributed by atoms with Crippen molar-refractivity contribution < 1.29 is 14.9 Å². The zero-order chi connectivity index (χ0) is 17.3. The molecule has 3 heteroatoms. The fraction of sp³-hybridized carbons (Fsp3) is 1.00. The van der Waals surface area contributed by atoms with Crippen LogP contribution in [0.4, 0.5) is 0 Å². The lowest BCUT2D eigenvalue weighted by Crippen LogP contribution is -2.46. The highest BCUT2D eigenvalue weighted by Gasteiger charge is 2.55. The number of rotatable bonds is 7. The molecule has 4 atom stereocenters. The molecule has 2 saturated carbocycles. The summed E-state index contributed by atoms with van der Waals surface area (Å²) in [7, 11) is 0. The van der Waals surface area contributed by atoms with Gasteiger partial charge in [0.2, 0.25) is 0 Å². The molecule has 0 aromatic heterocycles. The molecule has 3 nitrogen and oxygen atoms in total. The van der Waals surface area contributed by atoms with Crippen LogP contribution in [0, 0.1) is 22.7 Å². The molecule has 2 aliphatic carbocycles. The van der Waals surface area contributed by atoms with Crippen molar-refractivity contribution in [3.63, 3.8) is 0 Å². The molecular weight excluding hydrogens is 288 g/mol. The molecular formula is C20H38O3. The molecule has 2 rings (SSSR count). The molecule has 0 heterocycles. The van der Waals surface area contributed by atoms with Crippen molar-refractivity contribution in [3.8, 4) is 0 Å². The number of aliphatic hydroxyl groups is 2. The van der Waals surface area contributed by atoms with E-state index in [4.69, 9.17) is 4.74 Å². The van der Waals surface area contributed by atoms with Crippen LogP contribution in [0.15, 0.2) is 0 Å². The summed E-state index contributed by atoms with van der Waals surface area (Å²) in [4.78, 5) is 0. The molecule has 23 heavy (non-hydrogen) atoms. The van der Waals surface area contributed by atoms with E-state index in [1.165, 1.54) is 12.8 Å². The van der Waals surface area contributed by atoms with E-state index in [9.17, 15) is 10.2 Å². The normalized spacial score (nSPS) is 35.3. The van der Waals surface area contributed by atoms with Crippen LogP contribution in [0.5, 0.6) is 0 Å². The van der Waals surface area contributed by atoms with E-state index < -0.39 is 5.60 Å². The number of aliphatic hydroxyl groups excluding tert-OH is 1. The minimum absolute atomic E-state index is 0.0863. The summed E-state index contributed by atoms with van der Waals surface area (Å²) in [6, 6.07) is 0. The fourth-order valence-electron chi connectivity index (χ4n) is 5.49. The Kier molecular flexibility index (Phi) is 5.86. The van der Waals surface area contributed by atoms with Crippen LogP contribution in [-0.2, 0) is 4.74 Å². The first kappa shape index (κ1) is 19.2. The maximum Gasteiger partial charge on any atom is 0.0874 e. The van der Waals surface area contributed by atoms with Crippen LogP contribution in [0.3, 0.4) is 0 Å². The van der Waals surface area contributed by atoms with E-state index in [1.54, 1.807) is 0 Å². The monoisotopic (exact) mass is 326 g/mol. The zero-order valence-electron chi connectivity index (χ0n) is 15.9. The smallest absolute Gasteiger partial charge is 0.0874 e. The second-order valence-electron chi connectivity index (χ2n) is 9.11. The Bertz CT molecular complexity index is 388. The van der Waals surface area contributed by atoms with Crippen molar-refractivity contribution in [2.45, 2.75) is 91.3 Å². The first-order valence-corrected chi connectivity index (χ1v) is 9.67. The summed E-state index contributed by atoms with van der Waals surface area (Å²) in [5.74, 6) is 1.05. The summed E-state index contributed by atoms with van der Waals surface area (Å²) in [5.41, 5.74) is -0.349. The van der Waals surface area contributed by atoms with E-state index in [-0.39, 0.29) is 16.9 Å². The summed E-state index contributed by atoms with van der Waals surface area (Å²) in [6.07, 6.45) is 7.06. The van der Waals surface area contributed by atoms with E-state index >= 15 is 0 Å². The second-order valence-corrected chi connectivity index (χ2v) is 9.11. The van der Waals surface area contributed by atoms with Crippen LogP contribution in [0.1, 0.15) is 79.6 Å². The molecule has 2 N–H and O–H groups in total. The third kappa shape index (κ3) is 3.77. The average molecular weight is 327 g/mol. The summed E-state index contributed by atoms with van der Waals surface area (Å²) in [5, 5.41) is 20.8. The van der Waals surface area contributed by atoms with Crippen molar-refractivity contribution in [1.82, 2.24) is 0 Å². The Morgan fingerprint density at radius 1 is 1.09 bits per heavy atom. The first-order chi connectivity index (χ1) is 10.7. The van der Waals surface area contributed by atoms with Crippen molar-refractivity contribution in [2.75, 3.05) is 13.2 Å². The van der Waals surface area contributed by atoms with Gasteiger partial charge >= 0.3 is 0 Å². The van der Waals surface area contributed by atoms with E-state index in [0.29, 0.717) is 25.0 Å². The molecule has 2 aliphatic rings. The highest BCUT2D eigenvalue weighted by Crippen LogP contribution is 2.60. The molecule has 4 unspecified atom stereocenters. The Hall–Kier alpha value is -0.120. The SMILES string of the molecule is CCC(O)(CC)COCC(C)(C)C1CCC2C(O)CCCC21C. The van der Waals surface area contributed by atoms with Crippen LogP contribution in [-0.4, -0.2) is 35.1 Å². The van der Waals surface area contributed by atoms with Gasteiger partial charge in [0.25, 0.3) is 0 Å². The lowest BCUT2D eigenvalue weighted by atomic mass is 9.58. The Morgan fingerprint density at radius 2 is 1.74 bits per heavy atom. The van der Waals surface area contributed by atoms with Crippen molar-refractivity contribution in [3.05, 3.63) is 0 Å². The van der Waals surface area contributed by atoms with Crippen molar-refractivity contribution >= 4 is 0 Å². The van der Waals surface area contributed by atoms with Crippen LogP contribution in [0.25, 0.3) is 0 Å². The van der Waals surface area contributed by atoms with E-state index in [2.05, 4.69) is 20.8 Å². The topological polar surface area (TPSA) is 49.7 Å². The van der Waals surface area contributed by atoms with E-state index in [1.807, 2.05) is 13.8 Å². The highest BCUT2D eigenvalue weighted by atomic mass is 16.5. The maximum atomic E-state index is 10.4. The largest absolute Gasteiger partial charge is 0.393 e. The number of fused-ring (bicyclic) bond motifs is 1. The molecule has 0 saturated heterocycles. The molecule has 136 valence electrons. The van der Waals surface area contributed by atoms with Gasteiger partial charge in [-0.15, -0.1) is 0 Å². The van der Waals surface area contributed by atoms with Gasteiger partial charge in [-0.3, -0.25) is 0 Å². The lowest BCUT2D eigenvalue weighted by Gasteiger charge is -2.48. The van der Waals surface area contributed by atoms with Gasteiger partial charge in [-0.25, -0.2) is 0 Å². The molecule has 0 aromatic rings. The Morgan fingerprint density at radius 3 is 2.35 bits per heavy atom. The molecule has 0 radical (unpaired) electrons. The van der Waals surface area contributed by atoms with Crippen molar-refractivity contribution in [2.24, 2.45) is 22.7 Å². The molecule has 2 fully saturated rings. The highest BCUT2D eigenvalue weighted by molar-refractivity contribution is 5.04. The predicted molar refractivity (Wildman–Crippen MR) is 94.3 cm³/mol. The lowest BCUT2D eigenvalue weighted by molar-refractivity contribution is -0.0963. The molecule has 0 aromatic carbocycles. The quantitative estimate of drug-likeness (QED) is 0.738. The average Bonchev–Trinajstić information content (AvgIpc) is 2.86. The summed E-state index contributed by atoms with van der Waals surface area (Å²) < 4.78 is 6.00. The van der Waals surface area contributed by atoms with Gasteiger partial charge in [-0.05, 0) is 61.2 Å². The molecule has 0 bridgehead atoms. The van der Waals surface area contributed by atoms with Gasteiger partial charge in [0.05, 0.1) is 24.9 Å². The first-order valence-electron chi connectivity index (χ1n) is 9.67. The summed E-state index contributed by atoms with van der Waals surface area (Å²) in [6.45, 7) is 12.2. The van der Waals surface area contributed by atoms with Gasteiger partial charge in [-0.1, -0.05) is 41.0 Å². The second kappa shape index (κ2) is 7.01. The van der Waals surface area contributed by atoms with Gasteiger partial charge in [-0.2, -0.15) is 0 Å². The van der Waals surface area contributed by atoms with Gasteiger partial charge in [0, 0.05) is 0 Å².